The maximum Gasteiger partial charge on any atom is 0.331 e. The van der Waals surface area contributed by atoms with E-state index in [-0.39, 0.29) is 5.69 Å². The van der Waals surface area contributed by atoms with Crippen molar-refractivity contribution in [1.29, 1.82) is 0 Å². The van der Waals surface area contributed by atoms with E-state index in [0.717, 1.165) is 29.4 Å². The number of benzene rings is 1. The van der Waals surface area contributed by atoms with Crippen LogP contribution in [0.2, 0.25) is 0 Å². The van der Waals surface area contributed by atoms with E-state index in [1.54, 1.807) is 6.20 Å². The lowest BCUT2D eigenvalue weighted by Crippen LogP contribution is -2.56. The topological polar surface area (TPSA) is 86.1 Å². The Morgan fingerprint density at radius 2 is 1.96 bits per heavy atom. The molecule has 25 heavy (non-hydrogen) atoms. The minimum Gasteiger partial charge on any atom is -0.467 e. The van der Waals surface area contributed by atoms with Crippen molar-refractivity contribution in [3.63, 3.8) is 0 Å². The van der Waals surface area contributed by atoms with E-state index in [1.165, 1.54) is 11.8 Å². The molecule has 0 saturated heterocycles. The minimum absolute atomic E-state index is 0.157. The summed E-state index contributed by atoms with van der Waals surface area (Å²) in [5.74, 6) is -0.829. The summed E-state index contributed by atoms with van der Waals surface area (Å²) in [6.07, 6.45) is 5.49. The van der Waals surface area contributed by atoms with Gasteiger partial charge in [-0.2, -0.15) is 0 Å². The maximum atomic E-state index is 12.6. The summed E-state index contributed by atoms with van der Waals surface area (Å²) < 4.78 is 7.28. The zero-order valence-corrected chi connectivity index (χ0v) is 15.5. The smallest absolute Gasteiger partial charge is 0.331 e. The molecule has 1 aromatic carbocycles. The third-order valence-electron chi connectivity index (χ3n) is 4.46. The van der Waals surface area contributed by atoms with Crippen molar-refractivity contribution in [3.8, 4) is 5.69 Å². The Hall–Kier alpha value is -2.22. The molecule has 1 amide bonds. The van der Waals surface area contributed by atoms with Crippen LogP contribution in [0.3, 0.4) is 0 Å². The van der Waals surface area contributed by atoms with Gasteiger partial charge in [-0.1, -0.05) is 36.6 Å². The fraction of sp³-hybridized carbons (Fsp3) is 0.412. The molecule has 1 aliphatic rings. The van der Waals surface area contributed by atoms with Gasteiger partial charge in [-0.3, -0.25) is 4.79 Å². The highest BCUT2D eigenvalue weighted by molar-refractivity contribution is 9.10. The number of carbonyl (C=O) groups is 2. The Labute approximate surface area is 153 Å². The average molecular weight is 407 g/mol. The second-order valence-electron chi connectivity index (χ2n) is 6.09. The van der Waals surface area contributed by atoms with E-state index in [2.05, 4.69) is 31.6 Å². The summed E-state index contributed by atoms with van der Waals surface area (Å²) in [6.45, 7) is 0. The summed E-state index contributed by atoms with van der Waals surface area (Å²) >= 11 is 3.45. The van der Waals surface area contributed by atoms with Gasteiger partial charge in [-0.15, -0.1) is 5.10 Å². The highest BCUT2D eigenvalue weighted by atomic mass is 79.9. The molecule has 1 heterocycles. The van der Waals surface area contributed by atoms with Gasteiger partial charge in [0.05, 0.1) is 19.0 Å². The first-order valence-electron chi connectivity index (χ1n) is 8.14. The number of carbonyl (C=O) groups excluding carboxylic acids is 2. The van der Waals surface area contributed by atoms with Gasteiger partial charge in [0.15, 0.2) is 5.69 Å². The molecule has 1 saturated carbocycles. The van der Waals surface area contributed by atoms with Crippen molar-refractivity contribution in [2.75, 3.05) is 7.11 Å². The van der Waals surface area contributed by atoms with Crippen LogP contribution in [-0.4, -0.2) is 39.5 Å². The summed E-state index contributed by atoms with van der Waals surface area (Å²) in [4.78, 5) is 24.9. The number of rotatable bonds is 4. The van der Waals surface area contributed by atoms with Crippen molar-refractivity contribution >= 4 is 27.8 Å². The SMILES string of the molecule is COC(=O)C1(NC(=O)c2cn(-c3ccccc3Br)nn2)CCCCC1. The lowest BCUT2D eigenvalue weighted by molar-refractivity contribution is -0.149. The number of aromatic nitrogens is 3. The monoisotopic (exact) mass is 406 g/mol. The third kappa shape index (κ3) is 3.58. The first-order valence-corrected chi connectivity index (χ1v) is 8.93. The van der Waals surface area contributed by atoms with Crippen LogP contribution in [0.15, 0.2) is 34.9 Å². The molecule has 0 aliphatic heterocycles. The number of esters is 1. The molecule has 0 radical (unpaired) electrons. The van der Waals surface area contributed by atoms with Gasteiger partial charge in [-0.05, 0) is 40.9 Å². The number of ether oxygens (including phenoxy) is 1. The van der Waals surface area contributed by atoms with Gasteiger partial charge in [0.1, 0.15) is 5.54 Å². The zero-order valence-electron chi connectivity index (χ0n) is 13.9. The Kier molecular flexibility index (Phi) is 5.17. The van der Waals surface area contributed by atoms with E-state index in [0.29, 0.717) is 12.8 Å². The van der Waals surface area contributed by atoms with Crippen molar-refractivity contribution in [3.05, 3.63) is 40.6 Å². The fourth-order valence-electron chi connectivity index (χ4n) is 3.14. The molecule has 1 N–H and O–H groups in total. The number of methoxy groups -OCH3 is 1. The third-order valence-corrected chi connectivity index (χ3v) is 5.13. The van der Waals surface area contributed by atoms with Gasteiger partial charge in [0.25, 0.3) is 5.91 Å². The van der Waals surface area contributed by atoms with Crippen LogP contribution in [-0.2, 0) is 9.53 Å². The predicted molar refractivity (Wildman–Crippen MR) is 94.4 cm³/mol. The van der Waals surface area contributed by atoms with Crippen LogP contribution in [0.1, 0.15) is 42.6 Å². The first kappa shape index (κ1) is 17.6. The number of amides is 1. The molecule has 0 unspecified atom stereocenters. The maximum absolute atomic E-state index is 12.6. The summed E-state index contributed by atoms with van der Waals surface area (Å²) in [5.41, 5.74) is -0.0414. The number of halogens is 1. The van der Waals surface area contributed by atoms with Gasteiger partial charge >= 0.3 is 5.97 Å². The molecule has 0 spiro atoms. The van der Waals surface area contributed by atoms with E-state index in [4.69, 9.17) is 4.74 Å². The number of nitrogens with zero attached hydrogens (tertiary/aromatic N) is 3. The molecular formula is C17H19BrN4O3. The van der Waals surface area contributed by atoms with Crippen LogP contribution >= 0.6 is 15.9 Å². The quantitative estimate of drug-likeness (QED) is 0.788. The molecule has 132 valence electrons. The summed E-state index contributed by atoms with van der Waals surface area (Å²) in [6, 6.07) is 7.50. The number of nitrogens with one attached hydrogen (secondary N) is 1. The first-order chi connectivity index (χ1) is 12.1. The summed E-state index contributed by atoms with van der Waals surface area (Å²) in [5, 5.41) is 10.8. The molecule has 7 nitrogen and oxygen atoms in total. The largest absolute Gasteiger partial charge is 0.467 e. The molecule has 1 fully saturated rings. The lowest BCUT2D eigenvalue weighted by atomic mass is 9.81. The highest BCUT2D eigenvalue weighted by Gasteiger charge is 2.42. The van der Waals surface area contributed by atoms with Gasteiger partial charge in [0, 0.05) is 4.47 Å². The second-order valence-corrected chi connectivity index (χ2v) is 6.94. The average Bonchev–Trinajstić information content (AvgIpc) is 3.12. The van der Waals surface area contributed by atoms with Crippen LogP contribution < -0.4 is 5.32 Å². The molecule has 2 aromatic rings. The van der Waals surface area contributed by atoms with Gasteiger partial charge in [0.2, 0.25) is 0 Å². The number of hydrogen-bond acceptors (Lipinski definition) is 5. The molecule has 1 aliphatic carbocycles. The van der Waals surface area contributed by atoms with Crippen LogP contribution in [0.25, 0.3) is 5.69 Å². The summed E-state index contributed by atoms with van der Waals surface area (Å²) in [7, 11) is 1.34. The van der Waals surface area contributed by atoms with Crippen molar-refractivity contribution in [2.24, 2.45) is 0 Å². The minimum atomic E-state index is -0.971. The second kappa shape index (κ2) is 7.35. The van der Waals surface area contributed by atoms with Crippen molar-refractivity contribution in [1.82, 2.24) is 20.3 Å². The van der Waals surface area contributed by atoms with E-state index < -0.39 is 17.4 Å². The molecule has 8 heteroatoms. The molecule has 3 rings (SSSR count). The van der Waals surface area contributed by atoms with Gasteiger partial charge in [-0.25, -0.2) is 9.48 Å². The van der Waals surface area contributed by atoms with E-state index >= 15 is 0 Å². The van der Waals surface area contributed by atoms with E-state index in [9.17, 15) is 9.59 Å². The lowest BCUT2D eigenvalue weighted by Gasteiger charge is -2.34. The fourth-order valence-corrected chi connectivity index (χ4v) is 3.60. The van der Waals surface area contributed by atoms with E-state index in [1.807, 2.05) is 24.3 Å². The molecule has 0 atom stereocenters. The Balaban J connectivity index is 1.81. The Bertz CT molecular complexity index is 784. The Morgan fingerprint density at radius 1 is 1.24 bits per heavy atom. The van der Waals surface area contributed by atoms with Crippen LogP contribution in [0.4, 0.5) is 0 Å². The normalized spacial score (nSPS) is 16.2. The Morgan fingerprint density at radius 3 is 2.64 bits per heavy atom. The predicted octanol–water partition coefficient (Wildman–Crippen LogP) is 2.64. The standard InChI is InChI=1S/C17H19BrN4O3/c1-25-16(24)17(9-5-2-6-10-17)19-15(23)13-11-22(21-20-13)14-8-4-3-7-12(14)18/h3-4,7-8,11H,2,5-6,9-10H2,1H3,(H,19,23). The van der Waals surface area contributed by atoms with Crippen LogP contribution in [0.5, 0.6) is 0 Å². The number of hydrogen-bond donors (Lipinski definition) is 1. The van der Waals surface area contributed by atoms with Gasteiger partial charge < -0.3 is 10.1 Å². The van der Waals surface area contributed by atoms with Crippen molar-refractivity contribution < 1.29 is 14.3 Å². The molecular weight excluding hydrogens is 388 g/mol. The number of para-hydroxylation sites is 1. The van der Waals surface area contributed by atoms with Crippen molar-refractivity contribution in [2.45, 2.75) is 37.6 Å². The zero-order chi connectivity index (χ0) is 17.9. The van der Waals surface area contributed by atoms with Crippen LogP contribution in [0, 0.1) is 0 Å². The highest BCUT2D eigenvalue weighted by Crippen LogP contribution is 2.29. The molecule has 0 bridgehead atoms. The molecule has 1 aromatic heterocycles.